The highest BCUT2D eigenvalue weighted by Crippen LogP contribution is 2.19. The van der Waals surface area contributed by atoms with Crippen molar-refractivity contribution in [1.29, 1.82) is 0 Å². The summed E-state index contributed by atoms with van der Waals surface area (Å²) in [5.41, 5.74) is 9.32. The first kappa shape index (κ1) is 51.3. The van der Waals surface area contributed by atoms with Gasteiger partial charge in [0, 0.05) is 25.2 Å². The van der Waals surface area contributed by atoms with Gasteiger partial charge in [0.25, 0.3) is 0 Å². The van der Waals surface area contributed by atoms with Crippen LogP contribution in [0.5, 0.6) is 0 Å². The van der Waals surface area contributed by atoms with E-state index < -0.39 is 50.3 Å². The number of likely N-dealkylation sites (N-methyl/N-ethyl adjacent to an activating group) is 2. The lowest BCUT2D eigenvalue weighted by Gasteiger charge is -2.17. The van der Waals surface area contributed by atoms with E-state index >= 15 is 0 Å². The van der Waals surface area contributed by atoms with Gasteiger partial charge in [-0.1, -0.05) is 48.5 Å². The van der Waals surface area contributed by atoms with Gasteiger partial charge in [-0.15, -0.1) is 0 Å². The van der Waals surface area contributed by atoms with Crippen LogP contribution in [0.2, 0.25) is 0 Å². The summed E-state index contributed by atoms with van der Waals surface area (Å²) >= 11 is 0. The van der Waals surface area contributed by atoms with Gasteiger partial charge >= 0.3 is 17.9 Å². The van der Waals surface area contributed by atoms with Crippen LogP contribution in [-0.4, -0.2) is 94.1 Å². The molecule has 0 bridgehead atoms. The molecule has 6 aromatic carbocycles. The lowest BCUT2D eigenvalue weighted by molar-refractivity contribution is 0.0418. The predicted molar refractivity (Wildman–Crippen MR) is 262 cm³/mol. The van der Waals surface area contributed by atoms with Crippen molar-refractivity contribution in [2.45, 2.75) is 6.92 Å². The van der Waals surface area contributed by atoms with Crippen molar-refractivity contribution in [1.82, 2.24) is 9.80 Å². The van der Waals surface area contributed by atoms with E-state index in [0.717, 1.165) is 12.1 Å². The van der Waals surface area contributed by atoms with Gasteiger partial charge in [-0.05, 0) is 101 Å². The molecule has 21 nitrogen and oxygen atoms in total. The zero-order valence-electron chi connectivity index (χ0n) is 39.0. The molecule has 0 saturated heterocycles. The maximum Gasteiger partial charge on any atom is 0.340 e. The van der Waals surface area contributed by atoms with Crippen LogP contribution < -0.4 is 64.8 Å². The highest BCUT2D eigenvalue weighted by atomic mass is 16.5. The third-order valence-corrected chi connectivity index (χ3v) is 10.2. The Morgan fingerprint density at radius 2 is 0.761 bits per heavy atom. The summed E-state index contributed by atoms with van der Waals surface area (Å²) in [4.78, 5) is 106. The van der Waals surface area contributed by atoms with Crippen LogP contribution in [0.25, 0.3) is 0 Å². The van der Waals surface area contributed by atoms with E-state index in [0.29, 0.717) is 17.8 Å². The third kappa shape index (κ3) is 14.0. The highest BCUT2D eigenvalue weighted by molar-refractivity contribution is 5.99. The number of anilines is 4. The zero-order chi connectivity index (χ0) is 50.9. The van der Waals surface area contributed by atoms with Crippen LogP contribution in [0.1, 0.15) is 48.4 Å². The molecule has 0 aliphatic heterocycles. The van der Waals surface area contributed by atoms with Crippen molar-refractivity contribution in [2.24, 2.45) is 20.4 Å². The van der Waals surface area contributed by atoms with Crippen molar-refractivity contribution in [2.75, 3.05) is 82.3 Å². The molecule has 364 valence electrons. The Kier molecular flexibility index (Phi) is 17.9. The smallest absolute Gasteiger partial charge is 0.340 e. The fourth-order valence-electron chi connectivity index (χ4n) is 6.36. The second-order valence-corrected chi connectivity index (χ2v) is 15.7. The van der Waals surface area contributed by atoms with Crippen LogP contribution >= 0.6 is 0 Å². The molecule has 4 N–H and O–H groups in total. The summed E-state index contributed by atoms with van der Waals surface area (Å²) in [6, 6.07) is 30.1. The average Bonchev–Trinajstić information content (AvgIpc) is 3.36. The molecule has 0 unspecified atom stereocenters. The van der Waals surface area contributed by atoms with Crippen molar-refractivity contribution >= 4 is 46.4 Å². The molecule has 0 fully saturated rings. The first-order valence-electron chi connectivity index (χ1n) is 21.8. The second kappa shape index (κ2) is 24.8. The highest BCUT2D eigenvalue weighted by Gasteiger charge is 2.16. The Hall–Kier alpha value is -9.08. The van der Waals surface area contributed by atoms with Crippen molar-refractivity contribution in [3.63, 3.8) is 0 Å². The number of rotatable bonds is 21. The molecule has 0 atom stereocenters. The van der Waals surface area contributed by atoms with Gasteiger partial charge in [-0.3, -0.25) is 50.6 Å². The molecule has 0 radical (unpaired) electrons. The lowest BCUT2D eigenvalue weighted by atomic mass is 10.1. The predicted octanol–water partition coefficient (Wildman–Crippen LogP) is 1.46. The van der Waals surface area contributed by atoms with Crippen LogP contribution in [0.4, 0.5) is 22.7 Å². The molecule has 0 amide bonds. The largest absolute Gasteiger partial charge is 0.461 e. The minimum Gasteiger partial charge on any atom is -0.461 e. The summed E-state index contributed by atoms with van der Waals surface area (Å²) < 4.78 is 16.3. The number of benzene rings is 6. The van der Waals surface area contributed by atoms with Gasteiger partial charge in [0.15, 0.2) is 16.5 Å². The number of nitrogens with one attached hydrogen (secondary N) is 4. The Balaban J connectivity index is 1.02. The first-order valence-corrected chi connectivity index (χ1v) is 21.8. The van der Waals surface area contributed by atoms with Crippen LogP contribution in [-0.2, 0) is 14.2 Å². The number of para-hydroxylation sites is 4. The summed E-state index contributed by atoms with van der Waals surface area (Å²) in [6.45, 7) is 2.48. The van der Waals surface area contributed by atoms with E-state index in [1.54, 1.807) is 90.8 Å². The Labute approximate surface area is 404 Å². The SMILES string of the molecule is CC(=O)c1ccccc1N/N=c1\c(=O)cc/c(=N/Nc2ccccc2C(=O)OCCN(C)CCOC(=O)c2ccccc2N/N=c2\ccc(=O)/c(=N/Nc3ccccc3C(=O)OCCN(C)C)c2=O)c1=O. The first-order chi connectivity index (χ1) is 34.2. The van der Waals surface area contributed by atoms with E-state index in [1.165, 1.54) is 37.3 Å². The van der Waals surface area contributed by atoms with Crippen molar-refractivity contribution < 1.29 is 33.4 Å². The molecular formula is C50H48N10O11. The normalized spacial score (nSPS) is 12.2. The molecular weight excluding hydrogens is 917 g/mol. The van der Waals surface area contributed by atoms with Gasteiger partial charge in [0.05, 0.1) is 39.4 Å². The molecule has 6 aromatic rings. The molecule has 71 heavy (non-hydrogen) atoms. The molecule has 6 rings (SSSR count). The fourth-order valence-corrected chi connectivity index (χ4v) is 6.36. The van der Waals surface area contributed by atoms with Gasteiger partial charge < -0.3 is 19.1 Å². The monoisotopic (exact) mass is 964 g/mol. The number of carbonyl (C=O) groups excluding carboxylic acids is 4. The van der Waals surface area contributed by atoms with Gasteiger partial charge in [-0.2, -0.15) is 20.4 Å². The standard InChI is InChI=1S/C50H48N10O11/c1-31(61)32-13-5-9-17-36(32)53-57-44-42(62)23-21-40(46(44)64)55-51-37-18-10-6-14-33(37)49(67)70-29-26-60(4)27-30-71-50(68)34-15-7-11-19-38(34)52-56-41-22-24-43(63)45(47(41)65)58-54-39-20-12-8-16-35(39)48(66)69-28-25-59(2)3/h5-24,51-54H,25-30H2,1-4H3/b55-40-,56-41+,57-44+,58-45-. The fraction of sp³-hybridized carbons (Fsp3) is 0.200. The molecule has 0 spiro atoms. The van der Waals surface area contributed by atoms with E-state index in [-0.39, 0.29) is 83.2 Å². The molecule has 21 heteroatoms. The topological polar surface area (TPSA) is 268 Å². The summed E-state index contributed by atoms with van der Waals surface area (Å²) in [6.07, 6.45) is 0. The van der Waals surface area contributed by atoms with Gasteiger partial charge in [0.1, 0.15) is 30.5 Å². The number of ether oxygens (including phenoxy) is 3. The average molecular weight is 965 g/mol. The van der Waals surface area contributed by atoms with E-state index in [1.807, 2.05) is 19.0 Å². The number of nitrogens with zero attached hydrogens (tertiary/aromatic N) is 6. The van der Waals surface area contributed by atoms with Crippen LogP contribution in [0.3, 0.4) is 0 Å². The number of Topliss-reactive ketones (excluding diaryl/α,β-unsaturated/α-hetero) is 1. The lowest BCUT2D eigenvalue weighted by Crippen LogP contribution is -2.48. The van der Waals surface area contributed by atoms with E-state index in [2.05, 4.69) is 42.1 Å². The van der Waals surface area contributed by atoms with E-state index in [9.17, 15) is 38.4 Å². The Morgan fingerprint density at radius 3 is 1.13 bits per heavy atom. The summed E-state index contributed by atoms with van der Waals surface area (Å²) in [7, 11) is 5.42. The summed E-state index contributed by atoms with van der Waals surface area (Å²) in [5.74, 6) is -2.24. The maximum absolute atomic E-state index is 13.3. The third-order valence-electron chi connectivity index (χ3n) is 10.2. The molecule has 0 saturated carbocycles. The van der Waals surface area contributed by atoms with Gasteiger partial charge in [0.2, 0.25) is 21.7 Å². The molecule has 0 aliphatic carbocycles. The number of hydrogen-bond acceptors (Lipinski definition) is 21. The molecule has 0 aliphatic rings. The van der Waals surface area contributed by atoms with Crippen molar-refractivity contribution in [3.05, 3.63) is 206 Å². The van der Waals surface area contributed by atoms with E-state index in [4.69, 9.17) is 14.2 Å². The van der Waals surface area contributed by atoms with Crippen LogP contribution in [0, 0.1) is 0 Å². The van der Waals surface area contributed by atoms with Crippen LogP contribution in [0.15, 0.2) is 161 Å². The quantitative estimate of drug-likeness (QED) is 0.0344. The Bertz CT molecular complexity index is 3420. The summed E-state index contributed by atoms with van der Waals surface area (Å²) in [5, 5.41) is 14.9. The number of hydrogen-bond donors (Lipinski definition) is 4. The minimum absolute atomic E-state index is 0.0391. The molecule has 0 aromatic heterocycles. The number of carbonyl (C=O) groups is 4. The second-order valence-electron chi connectivity index (χ2n) is 15.7. The molecule has 0 heterocycles. The number of esters is 3. The Morgan fingerprint density at radius 1 is 0.437 bits per heavy atom. The number of ketones is 1. The minimum atomic E-state index is -0.817. The maximum atomic E-state index is 13.3. The van der Waals surface area contributed by atoms with Crippen molar-refractivity contribution in [3.8, 4) is 0 Å². The zero-order valence-corrected chi connectivity index (χ0v) is 39.0. The van der Waals surface area contributed by atoms with Gasteiger partial charge in [-0.25, -0.2) is 14.4 Å².